The van der Waals surface area contributed by atoms with Crippen LogP contribution in [0.25, 0.3) is 0 Å². The van der Waals surface area contributed by atoms with E-state index in [0.29, 0.717) is 24.5 Å². The summed E-state index contributed by atoms with van der Waals surface area (Å²) in [7, 11) is -3.48. The summed E-state index contributed by atoms with van der Waals surface area (Å²) in [6, 6.07) is 4.59. The number of nitrogens with one attached hydrogen (secondary N) is 2. The van der Waals surface area contributed by atoms with Gasteiger partial charge in [0, 0.05) is 18.1 Å². The van der Waals surface area contributed by atoms with Crippen LogP contribution in [-0.2, 0) is 16.6 Å². The Balaban J connectivity index is 2.20. The number of hydrogen-bond acceptors (Lipinski definition) is 6. The highest BCUT2D eigenvalue weighted by molar-refractivity contribution is 7.89. The van der Waals surface area contributed by atoms with E-state index in [0.717, 1.165) is 5.01 Å². The summed E-state index contributed by atoms with van der Waals surface area (Å²) in [6.07, 6.45) is 1.72. The summed E-state index contributed by atoms with van der Waals surface area (Å²) in [6.45, 7) is 2.58. The predicted octanol–water partition coefficient (Wildman–Crippen LogP) is 1.64. The van der Waals surface area contributed by atoms with Crippen molar-refractivity contribution in [3.8, 4) is 0 Å². The molecule has 1 aromatic carbocycles. The van der Waals surface area contributed by atoms with E-state index in [1.54, 1.807) is 19.2 Å². The van der Waals surface area contributed by atoms with E-state index in [-0.39, 0.29) is 4.90 Å². The maximum Gasteiger partial charge on any atom is 0.240 e. The maximum absolute atomic E-state index is 11.9. The van der Waals surface area contributed by atoms with Gasteiger partial charge in [0.15, 0.2) is 0 Å². The Bertz CT molecular complexity index is 669. The molecule has 20 heavy (non-hydrogen) atoms. The van der Waals surface area contributed by atoms with E-state index in [4.69, 9.17) is 5.73 Å². The normalized spacial score (nSPS) is 11.4. The Morgan fingerprint density at radius 1 is 1.40 bits per heavy atom. The molecule has 0 saturated carbocycles. The average Bonchev–Trinajstić information content (AvgIpc) is 2.90. The standard InChI is InChI=1S/C12H16N4O2S2/c1-2-16-20(17,18)9-3-4-10(13)11(7-9)15-8-12-14-5-6-19-12/h3-7,15-16H,2,8,13H2,1H3. The van der Waals surface area contributed by atoms with Crippen molar-refractivity contribution in [2.24, 2.45) is 0 Å². The van der Waals surface area contributed by atoms with Gasteiger partial charge in [0.2, 0.25) is 10.0 Å². The number of rotatable bonds is 6. The van der Waals surface area contributed by atoms with Crippen molar-refractivity contribution in [3.63, 3.8) is 0 Å². The van der Waals surface area contributed by atoms with Gasteiger partial charge in [0.05, 0.1) is 22.8 Å². The van der Waals surface area contributed by atoms with Crippen LogP contribution in [0.1, 0.15) is 11.9 Å². The minimum atomic E-state index is -3.48. The summed E-state index contributed by atoms with van der Waals surface area (Å²) >= 11 is 1.52. The third kappa shape index (κ3) is 3.47. The molecule has 0 spiro atoms. The number of hydrogen-bond donors (Lipinski definition) is 3. The molecule has 0 fully saturated rings. The molecule has 1 heterocycles. The fraction of sp³-hybridized carbons (Fsp3) is 0.250. The molecular formula is C12H16N4O2S2. The second-order valence-corrected chi connectivity index (χ2v) is 6.78. The Hall–Kier alpha value is -1.64. The molecule has 2 rings (SSSR count). The van der Waals surface area contributed by atoms with Gasteiger partial charge in [-0.25, -0.2) is 18.1 Å². The van der Waals surface area contributed by atoms with Crippen molar-refractivity contribution in [1.29, 1.82) is 0 Å². The van der Waals surface area contributed by atoms with Crippen LogP contribution < -0.4 is 15.8 Å². The summed E-state index contributed by atoms with van der Waals surface area (Å²) in [5.41, 5.74) is 6.93. The molecule has 2 aromatic rings. The molecule has 0 aliphatic heterocycles. The number of nitrogens with two attached hydrogens (primary N) is 1. The zero-order valence-electron chi connectivity index (χ0n) is 11.0. The molecule has 0 aliphatic carbocycles. The van der Waals surface area contributed by atoms with Crippen molar-refractivity contribution in [3.05, 3.63) is 34.8 Å². The summed E-state index contributed by atoms with van der Waals surface area (Å²) in [4.78, 5) is 4.34. The second kappa shape index (κ2) is 6.21. The minimum absolute atomic E-state index is 0.190. The first-order valence-corrected chi connectivity index (χ1v) is 8.40. The van der Waals surface area contributed by atoms with Crippen LogP contribution >= 0.6 is 11.3 Å². The van der Waals surface area contributed by atoms with Gasteiger partial charge in [0.25, 0.3) is 0 Å². The van der Waals surface area contributed by atoms with Gasteiger partial charge in [-0.3, -0.25) is 0 Å². The molecule has 0 saturated heterocycles. The fourth-order valence-electron chi connectivity index (χ4n) is 1.64. The molecule has 6 nitrogen and oxygen atoms in total. The molecular weight excluding hydrogens is 296 g/mol. The number of nitrogens with zero attached hydrogens (tertiary/aromatic N) is 1. The highest BCUT2D eigenvalue weighted by atomic mass is 32.2. The van der Waals surface area contributed by atoms with Gasteiger partial charge in [0.1, 0.15) is 5.01 Å². The van der Waals surface area contributed by atoms with Crippen molar-refractivity contribution < 1.29 is 8.42 Å². The van der Waals surface area contributed by atoms with Crippen LogP contribution in [-0.4, -0.2) is 19.9 Å². The number of aromatic nitrogens is 1. The summed E-state index contributed by atoms with van der Waals surface area (Å²) in [5, 5.41) is 5.89. The molecule has 8 heteroatoms. The van der Waals surface area contributed by atoms with E-state index in [2.05, 4.69) is 15.0 Å². The van der Waals surface area contributed by atoms with Crippen LogP contribution in [0, 0.1) is 0 Å². The third-order valence-electron chi connectivity index (χ3n) is 2.58. The van der Waals surface area contributed by atoms with Crippen LogP contribution in [0.3, 0.4) is 0 Å². The SMILES string of the molecule is CCNS(=O)(=O)c1ccc(N)c(NCc2nccs2)c1. The van der Waals surface area contributed by atoms with Crippen LogP contribution in [0.2, 0.25) is 0 Å². The molecule has 1 aromatic heterocycles. The van der Waals surface area contributed by atoms with Crippen molar-refractivity contribution in [2.45, 2.75) is 18.4 Å². The largest absolute Gasteiger partial charge is 0.397 e. The van der Waals surface area contributed by atoms with E-state index in [1.807, 2.05) is 5.38 Å². The lowest BCUT2D eigenvalue weighted by Gasteiger charge is -2.11. The number of nitrogen functional groups attached to an aromatic ring is 1. The van der Waals surface area contributed by atoms with E-state index >= 15 is 0 Å². The monoisotopic (exact) mass is 312 g/mol. The van der Waals surface area contributed by atoms with Gasteiger partial charge in [-0.15, -0.1) is 11.3 Å². The number of sulfonamides is 1. The van der Waals surface area contributed by atoms with E-state index in [9.17, 15) is 8.42 Å². The Morgan fingerprint density at radius 3 is 2.85 bits per heavy atom. The van der Waals surface area contributed by atoms with Crippen molar-refractivity contribution in [2.75, 3.05) is 17.6 Å². The topological polar surface area (TPSA) is 97.1 Å². The Kier molecular flexibility index (Phi) is 4.58. The zero-order valence-corrected chi connectivity index (χ0v) is 12.6. The lowest BCUT2D eigenvalue weighted by atomic mass is 10.2. The maximum atomic E-state index is 11.9. The average molecular weight is 312 g/mol. The molecule has 0 aliphatic rings. The van der Waals surface area contributed by atoms with Crippen molar-refractivity contribution in [1.82, 2.24) is 9.71 Å². The van der Waals surface area contributed by atoms with Gasteiger partial charge in [-0.2, -0.15) is 0 Å². The fourth-order valence-corrected chi connectivity index (χ4v) is 3.26. The summed E-state index contributed by atoms with van der Waals surface area (Å²) in [5.74, 6) is 0. The van der Waals surface area contributed by atoms with Gasteiger partial charge in [-0.05, 0) is 18.2 Å². The Labute approximate surface area is 122 Å². The predicted molar refractivity (Wildman–Crippen MR) is 81.2 cm³/mol. The second-order valence-electron chi connectivity index (χ2n) is 4.03. The Morgan fingerprint density at radius 2 is 2.20 bits per heavy atom. The highest BCUT2D eigenvalue weighted by Crippen LogP contribution is 2.23. The number of thiazole rings is 1. The molecule has 0 radical (unpaired) electrons. The van der Waals surface area contributed by atoms with Gasteiger partial charge in [-0.1, -0.05) is 6.92 Å². The van der Waals surface area contributed by atoms with E-state index < -0.39 is 10.0 Å². The smallest absolute Gasteiger partial charge is 0.240 e. The first-order chi connectivity index (χ1) is 9.53. The van der Waals surface area contributed by atoms with Crippen LogP contribution in [0.15, 0.2) is 34.7 Å². The zero-order chi connectivity index (χ0) is 14.6. The molecule has 108 valence electrons. The lowest BCUT2D eigenvalue weighted by Crippen LogP contribution is -2.23. The van der Waals surface area contributed by atoms with Crippen LogP contribution in [0.4, 0.5) is 11.4 Å². The molecule has 0 atom stereocenters. The van der Waals surface area contributed by atoms with Crippen LogP contribution in [0.5, 0.6) is 0 Å². The van der Waals surface area contributed by atoms with Gasteiger partial charge < -0.3 is 11.1 Å². The highest BCUT2D eigenvalue weighted by Gasteiger charge is 2.14. The number of benzene rings is 1. The lowest BCUT2D eigenvalue weighted by molar-refractivity contribution is 0.584. The summed E-state index contributed by atoms with van der Waals surface area (Å²) < 4.78 is 26.3. The molecule has 0 amide bonds. The third-order valence-corrected chi connectivity index (χ3v) is 4.91. The number of anilines is 2. The first-order valence-electron chi connectivity index (χ1n) is 6.04. The van der Waals surface area contributed by atoms with Gasteiger partial charge >= 0.3 is 0 Å². The van der Waals surface area contributed by atoms with Crippen molar-refractivity contribution >= 4 is 32.7 Å². The molecule has 4 N–H and O–H groups in total. The first kappa shape index (κ1) is 14.8. The minimum Gasteiger partial charge on any atom is -0.397 e. The molecule has 0 unspecified atom stereocenters. The molecule has 0 bridgehead atoms. The van der Waals surface area contributed by atoms with E-state index in [1.165, 1.54) is 23.5 Å². The quantitative estimate of drug-likeness (QED) is 0.704.